The number of hydrogen-bond donors (Lipinski definition) is 1. The van der Waals surface area contributed by atoms with E-state index in [0.29, 0.717) is 11.3 Å². The molecule has 0 fully saturated rings. The van der Waals surface area contributed by atoms with E-state index in [-0.39, 0.29) is 18.6 Å². The average Bonchev–Trinajstić information content (AvgIpc) is 3.21. The standard InChI is InChI=1S/C24H24N2O3S2/c1-16-25-18(14-30-16)15-31-22-12-5-4-10-20(22)24(28)29-13-23(27)26-21-11-6-8-17-7-2-3-9-19(17)21/h2-5,7,9-10,12,14,21H,6,8,11,13,15H2,1H3,(H,26,27). The molecule has 4 rings (SSSR count). The number of benzene rings is 2. The highest BCUT2D eigenvalue weighted by Crippen LogP contribution is 2.30. The van der Waals surface area contributed by atoms with Crippen molar-refractivity contribution in [2.75, 3.05) is 6.61 Å². The Kier molecular flexibility index (Phi) is 7.04. The van der Waals surface area contributed by atoms with Gasteiger partial charge in [0.05, 0.1) is 22.3 Å². The normalized spacial score (nSPS) is 15.2. The molecule has 0 saturated heterocycles. The predicted octanol–water partition coefficient (Wildman–Crippen LogP) is 5.09. The largest absolute Gasteiger partial charge is 0.452 e. The minimum Gasteiger partial charge on any atom is -0.452 e. The number of aromatic nitrogens is 1. The second-order valence-corrected chi connectivity index (χ2v) is 9.51. The molecule has 0 aliphatic heterocycles. The van der Waals surface area contributed by atoms with Gasteiger partial charge in [0, 0.05) is 16.0 Å². The van der Waals surface area contributed by atoms with Crippen molar-refractivity contribution in [2.24, 2.45) is 0 Å². The molecule has 1 aromatic heterocycles. The Labute approximate surface area is 190 Å². The maximum absolute atomic E-state index is 12.6. The molecule has 31 heavy (non-hydrogen) atoms. The quantitative estimate of drug-likeness (QED) is 0.399. The van der Waals surface area contributed by atoms with Crippen molar-refractivity contribution in [3.05, 3.63) is 81.3 Å². The van der Waals surface area contributed by atoms with Crippen molar-refractivity contribution in [3.8, 4) is 0 Å². The number of thioether (sulfide) groups is 1. The van der Waals surface area contributed by atoms with Gasteiger partial charge >= 0.3 is 5.97 Å². The van der Waals surface area contributed by atoms with Crippen LogP contribution in [0.15, 0.2) is 58.8 Å². The summed E-state index contributed by atoms with van der Waals surface area (Å²) in [5, 5.41) is 6.06. The highest BCUT2D eigenvalue weighted by atomic mass is 32.2. The van der Waals surface area contributed by atoms with Gasteiger partial charge in [-0.15, -0.1) is 23.1 Å². The molecule has 0 bridgehead atoms. The monoisotopic (exact) mass is 452 g/mol. The number of carbonyl (C=O) groups is 2. The Morgan fingerprint density at radius 3 is 2.84 bits per heavy atom. The first kappa shape index (κ1) is 21.6. The van der Waals surface area contributed by atoms with Gasteiger partial charge in [0.15, 0.2) is 6.61 Å². The molecule has 2 aromatic carbocycles. The Balaban J connectivity index is 1.33. The lowest BCUT2D eigenvalue weighted by Crippen LogP contribution is -2.34. The minimum absolute atomic E-state index is 0.0273. The number of rotatable bonds is 7. The van der Waals surface area contributed by atoms with Gasteiger partial charge in [-0.1, -0.05) is 36.4 Å². The molecule has 1 N–H and O–H groups in total. The third-order valence-electron chi connectivity index (χ3n) is 5.19. The fourth-order valence-electron chi connectivity index (χ4n) is 3.74. The maximum Gasteiger partial charge on any atom is 0.339 e. The van der Waals surface area contributed by atoms with Crippen LogP contribution in [0.3, 0.4) is 0 Å². The van der Waals surface area contributed by atoms with Crippen molar-refractivity contribution in [2.45, 2.75) is 42.9 Å². The van der Waals surface area contributed by atoms with Crippen LogP contribution < -0.4 is 5.32 Å². The van der Waals surface area contributed by atoms with Crippen LogP contribution in [0.2, 0.25) is 0 Å². The van der Waals surface area contributed by atoms with Gasteiger partial charge in [0.1, 0.15) is 0 Å². The van der Waals surface area contributed by atoms with Crippen molar-refractivity contribution in [3.63, 3.8) is 0 Å². The van der Waals surface area contributed by atoms with E-state index in [2.05, 4.69) is 22.4 Å². The van der Waals surface area contributed by atoms with Crippen LogP contribution in [0.4, 0.5) is 0 Å². The van der Waals surface area contributed by atoms with Crippen LogP contribution in [-0.2, 0) is 21.7 Å². The summed E-state index contributed by atoms with van der Waals surface area (Å²) in [6.07, 6.45) is 2.96. The Hall–Kier alpha value is -2.64. The van der Waals surface area contributed by atoms with Crippen LogP contribution in [0.1, 0.15) is 51.1 Å². The number of hydrogen-bond acceptors (Lipinski definition) is 6. The highest BCUT2D eigenvalue weighted by molar-refractivity contribution is 7.98. The molecular weight excluding hydrogens is 428 g/mol. The first-order valence-electron chi connectivity index (χ1n) is 10.3. The number of aryl methyl sites for hydroxylation is 2. The Morgan fingerprint density at radius 2 is 2.00 bits per heavy atom. The molecule has 0 radical (unpaired) electrons. The van der Waals surface area contributed by atoms with Gasteiger partial charge < -0.3 is 10.1 Å². The van der Waals surface area contributed by atoms with Crippen LogP contribution in [0.5, 0.6) is 0 Å². The number of thiazole rings is 1. The lowest BCUT2D eigenvalue weighted by Gasteiger charge is -2.26. The molecule has 1 amide bonds. The molecule has 0 spiro atoms. The van der Waals surface area contributed by atoms with E-state index in [9.17, 15) is 9.59 Å². The number of carbonyl (C=O) groups excluding carboxylic acids is 2. The third kappa shape index (κ3) is 5.54. The van der Waals surface area contributed by atoms with E-state index < -0.39 is 5.97 Å². The Bertz CT molecular complexity index is 1080. The fourth-order valence-corrected chi connectivity index (χ4v) is 5.39. The van der Waals surface area contributed by atoms with Gasteiger partial charge in [0.2, 0.25) is 0 Å². The van der Waals surface area contributed by atoms with Crippen molar-refractivity contribution < 1.29 is 14.3 Å². The van der Waals surface area contributed by atoms with Gasteiger partial charge in [0.25, 0.3) is 5.91 Å². The van der Waals surface area contributed by atoms with Gasteiger partial charge in [-0.2, -0.15) is 0 Å². The van der Waals surface area contributed by atoms with Crippen LogP contribution in [-0.4, -0.2) is 23.5 Å². The highest BCUT2D eigenvalue weighted by Gasteiger charge is 2.22. The summed E-state index contributed by atoms with van der Waals surface area (Å²) >= 11 is 3.15. The second-order valence-electron chi connectivity index (χ2n) is 7.43. The average molecular weight is 453 g/mol. The summed E-state index contributed by atoms with van der Waals surface area (Å²) in [5.41, 5.74) is 3.89. The zero-order valence-corrected chi connectivity index (χ0v) is 18.9. The molecule has 5 nitrogen and oxygen atoms in total. The number of nitrogens with one attached hydrogen (secondary N) is 1. The molecule has 7 heteroatoms. The van der Waals surface area contributed by atoms with E-state index in [4.69, 9.17) is 4.74 Å². The first-order chi connectivity index (χ1) is 15.1. The third-order valence-corrected chi connectivity index (χ3v) is 7.12. The minimum atomic E-state index is -0.489. The molecule has 3 aromatic rings. The van der Waals surface area contributed by atoms with Gasteiger partial charge in [-0.25, -0.2) is 9.78 Å². The molecule has 1 aliphatic rings. The summed E-state index contributed by atoms with van der Waals surface area (Å²) in [6, 6.07) is 15.5. The van der Waals surface area contributed by atoms with Crippen LogP contribution >= 0.6 is 23.1 Å². The van der Waals surface area contributed by atoms with E-state index in [1.807, 2.05) is 36.6 Å². The summed E-state index contributed by atoms with van der Waals surface area (Å²) < 4.78 is 5.34. The number of fused-ring (bicyclic) bond motifs is 1. The van der Waals surface area contributed by atoms with Crippen molar-refractivity contribution in [1.29, 1.82) is 0 Å². The van der Waals surface area contributed by atoms with E-state index in [1.165, 1.54) is 17.3 Å². The molecule has 1 unspecified atom stereocenters. The lowest BCUT2D eigenvalue weighted by molar-refractivity contribution is -0.125. The molecule has 1 heterocycles. The van der Waals surface area contributed by atoms with Gasteiger partial charge in [-0.3, -0.25) is 4.79 Å². The molecule has 160 valence electrons. The Morgan fingerprint density at radius 1 is 1.19 bits per heavy atom. The molecule has 0 saturated carbocycles. The molecular formula is C24H24N2O3S2. The predicted molar refractivity (Wildman–Crippen MR) is 123 cm³/mol. The fraction of sp³-hybridized carbons (Fsp3) is 0.292. The second kappa shape index (κ2) is 10.1. The number of amides is 1. The number of nitrogens with zero attached hydrogens (tertiary/aromatic N) is 1. The summed E-state index contributed by atoms with van der Waals surface area (Å²) in [4.78, 5) is 30.4. The van der Waals surface area contributed by atoms with Crippen molar-refractivity contribution >= 4 is 35.0 Å². The summed E-state index contributed by atoms with van der Waals surface area (Å²) in [5.74, 6) is -0.0918. The summed E-state index contributed by atoms with van der Waals surface area (Å²) in [6.45, 7) is 1.68. The zero-order valence-electron chi connectivity index (χ0n) is 17.3. The summed E-state index contributed by atoms with van der Waals surface area (Å²) in [7, 11) is 0. The van der Waals surface area contributed by atoms with E-state index in [1.54, 1.807) is 23.5 Å². The smallest absolute Gasteiger partial charge is 0.339 e. The van der Waals surface area contributed by atoms with E-state index >= 15 is 0 Å². The SMILES string of the molecule is Cc1nc(CSc2ccccc2C(=O)OCC(=O)NC2CCCc3ccccc32)cs1. The van der Waals surface area contributed by atoms with Crippen molar-refractivity contribution in [1.82, 2.24) is 10.3 Å². The topological polar surface area (TPSA) is 68.3 Å². The van der Waals surface area contributed by atoms with Crippen LogP contribution in [0.25, 0.3) is 0 Å². The molecule has 1 aliphatic carbocycles. The first-order valence-corrected chi connectivity index (χ1v) is 12.1. The number of esters is 1. The zero-order chi connectivity index (χ0) is 21.6. The number of ether oxygens (including phenoxy) is 1. The van der Waals surface area contributed by atoms with Crippen LogP contribution in [0, 0.1) is 6.92 Å². The maximum atomic E-state index is 12.6. The molecule has 1 atom stereocenters. The van der Waals surface area contributed by atoms with E-state index in [0.717, 1.165) is 40.4 Å². The van der Waals surface area contributed by atoms with Gasteiger partial charge in [-0.05, 0) is 49.4 Å². The lowest BCUT2D eigenvalue weighted by atomic mass is 9.88.